The van der Waals surface area contributed by atoms with E-state index in [1.807, 2.05) is 6.08 Å². The molecule has 0 atom stereocenters. The summed E-state index contributed by atoms with van der Waals surface area (Å²) < 4.78 is 5.37. The van der Waals surface area contributed by atoms with Crippen molar-refractivity contribution in [3.05, 3.63) is 23.7 Å². The highest BCUT2D eigenvalue weighted by molar-refractivity contribution is 5.98. The van der Waals surface area contributed by atoms with Gasteiger partial charge in [-0.05, 0) is 12.5 Å². The van der Waals surface area contributed by atoms with Gasteiger partial charge in [-0.15, -0.1) is 0 Å². The van der Waals surface area contributed by atoms with Crippen LogP contribution in [0, 0.1) is 5.41 Å². The van der Waals surface area contributed by atoms with Gasteiger partial charge in [-0.2, -0.15) is 0 Å². The van der Waals surface area contributed by atoms with Crippen molar-refractivity contribution in [1.29, 1.82) is 0 Å². The van der Waals surface area contributed by atoms with Crippen LogP contribution >= 0.6 is 0 Å². The lowest BCUT2D eigenvalue weighted by Gasteiger charge is -2.31. The highest BCUT2D eigenvalue weighted by Crippen LogP contribution is 2.39. The number of carbonyl (C=O) groups excluding carboxylic acids is 1. The monoisotopic (exact) mass is 178 g/mol. The molecule has 0 saturated heterocycles. The van der Waals surface area contributed by atoms with Crippen LogP contribution in [0.2, 0.25) is 0 Å². The summed E-state index contributed by atoms with van der Waals surface area (Å²) in [6, 6.07) is 0. The van der Waals surface area contributed by atoms with Crippen LogP contribution in [0.1, 0.15) is 33.1 Å². The zero-order chi connectivity index (χ0) is 9.47. The number of hydrogen-bond donors (Lipinski definition) is 0. The molecule has 0 aromatic carbocycles. The highest BCUT2D eigenvalue weighted by Gasteiger charge is 2.34. The fraction of sp³-hybridized carbons (Fsp3) is 0.545. The van der Waals surface area contributed by atoms with Gasteiger partial charge in [0.1, 0.15) is 5.76 Å². The van der Waals surface area contributed by atoms with Crippen molar-refractivity contribution < 1.29 is 9.53 Å². The number of Topliss-reactive ketones (excluding diaryl/α,β-unsaturated/α-hetero) is 1. The van der Waals surface area contributed by atoms with Gasteiger partial charge in [0.15, 0.2) is 5.78 Å². The fourth-order valence-corrected chi connectivity index (χ4v) is 2.02. The maximum absolute atomic E-state index is 11.7. The molecular weight excluding hydrogens is 164 g/mol. The molecule has 2 aliphatic rings. The molecule has 0 bridgehead atoms. The van der Waals surface area contributed by atoms with E-state index in [0.717, 1.165) is 24.2 Å². The lowest BCUT2D eigenvalue weighted by Crippen LogP contribution is -2.26. The zero-order valence-electron chi connectivity index (χ0n) is 8.09. The van der Waals surface area contributed by atoms with E-state index in [0.29, 0.717) is 6.42 Å². The summed E-state index contributed by atoms with van der Waals surface area (Å²) in [5, 5.41) is 0. The van der Waals surface area contributed by atoms with Crippen LogP contribution < -0.4 is 0 Å². The van der Waals surface area contributed by atoms with E-state index in [-0.39, 0.29) is 11.2 Å². The Morgan fingerprint density at radius 1 is 1.38 bits per heavy atom. The summed E-state index contributed by atoms with van der Waals surface area (Å²) in [4.78, 5) is 11.7. The third kappa shape index (κ3) is 1.30. The van der Waals surface area contributed by atoms with Gasteiger partial charge in [0.25, 0.3) is 0 Å². The number of hydrogen-bond acceptors (Lipinski definition) is 2. The number of rotatable bonds is 0. The van der Waals surface area contributed by atoms with Gasteiger partial charge in [-0.25, -0.2) is 0 Å². The summed E-state index contributed by atoms with van der Waals surface area (Å²) in [7, 11) is 0. The second kappa shape index (κ2) is 2.72. The van der Waals surface area contributed by atoms with E-state index in [1.54, 1.807) is 6.26 Å². The molecule has 2 rings (SSSR count). The van der Waals surface area contributed by atoms with Gasteiger partial charge in [0.05, 0.1) is 6.26 Å². The first-order chi connectivity index (χ1) is 6.11. The van der Waals surface area contributed by atoms with Crippen molar-refractivity contribution in [1.82, 2.24) is 0 Å². The standard InChI is InChI=1S/C11H14O2/c1-11(2)6-7-13-9-5-3-4-8(12)10(9)11/h6-7H,3-5H2,1-2H3. The second-order valence-electron chi connectivity index (χ2n) is 4.22. The van der Waals surface area contributed by atoms with Gasteiger partial charge in [0.2, 0.25) is 0 Å². The minimum absolute atomic E-state index is 0.134. The molecule has 2 nitrogen and oxygen atoms in total. The van der Waals surface area contributed by atoms with Gasteiger partial charge in [-0.1, -0.05) is 13.8 Å². The van der Waals surface area contributed by atoms with Crippen LogP contribution in [0.15, 0.2) is 23.7 Å². The average Bonchev–Trinajstić information content (AvgIpc) is 2.02. The normalized spacial score (nSPS) is 25.5. The highest BCUT2D eigenvalue weighted by atomic mass is 16.5. The van der Waals surface area contributed by atoms with Crippen molar-refractivity contribution in [2.45, 2.75) is 33.1 Å². The maximum Gasteiger partial charge on any atom is 0.163 e. The lowest BCUT2D eigenvalue weighted by atomic mass is 9.76. The molecule has 0 aromatic rings. The minimum Gasteiger partial charge on any atom is -0.469 e. The van der Waals surface area contributed by atoms with Gasteiger partial charge in [0, 0.05) is 23.8 Å². The molecule has 1 heterocycles. The first-order valence-electron chi connectivity index (χ1n) is 4.72. The largest absolute Gasteiger partial charge is 0.469 e. The summed E-state index contributed by atoms with van der Waals surface area (Å²) in [6.07, 6.45) is 6.18. The molecule has 1 aliphatic carbocycles. The van der Waals surface area contributed by atoms with E-state index in [2.05, 4.69) is 13.8 Å². The second-order valence-corrected chi connectivity index (χ2v) is 4.22. The van der Waals surface area contributed by atoms with E-state index < -0.39 is 0 Å². The Morgan fingerprint density at radius 3 is 2.85 bits per heavy atom. The fourth-order valence-electron chi connectivity index (χ4n) is 2.02. The molecule has 0 fully saturated rings. The van der Waals surface area contributed by atoms with Crippen molar-refractivity contribution in [2.75, 3.05) is 0 Å². The van der Waals surface area contributed by atoms with Crippen molar-refractivity contribution in [3.8, 4) is 0 Å². The third-order valence-corrected chi connectivity index (χ3v) is 2.70. The number of ether oxygens (including phenoxy) is 1. The maximum atomic E-state index is 11.7. The summed E-state index contributed by atoms with van der Waals surface area (Å²) in [5.41, 5.74) is 0.756. The van der Waals surface area contributed by atoms with E-state index >= 15 is 0 Å². The van der Waals surface area contributed by atoms with Crippen molar-refractivity contribution in [2.24, 2.45) is 5.41 Å². The average molecular weight is 178 g/mol. The van der Waals surface area contributed by atoms with Crippen LogP contribution in [0.3, 0.4) is 0 Å². The number of allylic oxidation sites excluding steroid dienone is 3. The first-order valence-corrected chi connectivity index (χ1v) is 4.72. The molecule has 13 heavy (non-hydrogen) atoms. The lowest BCUT2D eigenvalue weighted by molar-refractivity contribution is -0.117. The Kier molecular flexibility index (Phi) is 1.79. The predicted octanol–water partition coefficient (Wildman–Crippen LogP) is 2.56. The quantitative estimate of drug-likeness (QED) is 0.569. The first kappa shape index (κ1) is 8.54. The van der Waals surface area contributed by atoms with Gasteiger partial charge >= 0.3 is 0 Å². The molecule has 70 valence electrons. The van der Waals surface area contributed by atoms with E-state index in [1.165, 1.54) is 0 Å². The minimum atomic E-state index is -0.134. The molecule has 0 amide bonds. The summed E-state index contributed by atoms with van der Waals surface area (Å²) in [6.45, 7) is 4.12. The molecule has 0 aromatic heterocycles. The molecule has 0 spiro atoms. The van der Waals surface area contributed by atoms with Gasteiger partial charge < -0.3 is 4.74 Å². The van der Waals surface area contributed by atoms with E-state index in [9.17, 15) is 4.79 Å². The van der Waals surface area contributed by atoms with Crippen LogP contribution in [-0.4, -0.2) is 5.78 Å². The van der Waals surface area contributed by atoms with Crippen molar-refractivity contribution in [3.63, 3.8) is 0 Å². The Bertz CT molecular complexity index is 308. The van der Waals surface area contributed by atoms with E-state index in [4.69, 9.17) is 4.74 Å². The van der Waals surface area contributed by atoms with Gasteiger partial charge in [-0.3, -0.25) is 4.79 Å². The van der Waals surface area contributed by atoms with Crippen LogP contribution in [0.5, 0.6) is 0 Å². The molecule has 0 unspecified atom stereocenters. The molecular formula is C11H14O2. The van der Waals surface area contributed by atoms with Crippen molar-refractivity contribution >= 4 is 5.78 Å². The summed E-state index contributed by atoms with van der Waals surface area (Å²) >= 11 is 0. The smallest absolute Gasteiger partial charge is 0.163 e. The topological polar surface area (TPSA) is 26.3 Å². The third-order valence-electron chi connectivity index (χ3n) is 2.70. The Balaban J connectivity index is 2.45. The molecule has 0 N–H and O–H groups in total. The zero-order valence-corrected chi connectivity index (χ0v) is 8.09. The van der Waals surface area contributed by atoms with Crippen LogP contribution in [-0.2, 0) is 9.53 Å². The molecule has 1 aliphatic heterocycles. The molecule has 2 heteroatoms. The molecule has 0 saturated carbocycles. The number of carbonyl (C=O) groups is 1. The number of ketones is 1. The Hall–Kier alpha value is -1.05. The van der Waals surface area contributed by atoms with Crippen LogP contribution in [0.4, 0.5) is 0 Å². The predicted molar refractivity (Wildman–Crippen MR) is 49.9 cm³/mol. The Labute approximate surface area is 78.3 Å². The SMILES string of the molecule is CC1(C)C=COC2=C1C(=O)CCC2. The molecule has 0 radical (unpaired) electrons. The Morgan fingerprint density at radius 2 is 2.15 bits per heavy atom. The van der Waals surface area contributed by atoms with Crippen LogP contribution in [0.25, 0.3) is 0 Å². The summed E-state index contributed by atoms with van der Waals surface area (Å²) in [5.74, 6) is 1.15.